The number of carboxylic acids is 1. The van der Waals surface area contributed by atoms with Gasteiger partial charge in [0, 0.05) is 5.92 Å². The van der Waals surface area contributed by atoms with Gasteiger partial charge in [-0.3, -0.25) is 0 Å². The zero-order valence-corrected chi connectivity index (χ0v) is 8.34. The number of hydrogen-bond donors (Lipinski definition) is 2. The van der Waals surface area contributed by atoms with Crippen LogP contribution < -0.4 is 0 Å². The van der Waals surface area contributed by atoms with Gasteiger partial charge in [0.25, 0.3) is 0 Å². The lowest BCUT2D eigenvalue weighted by molar-refractivity contribution is 0.0691. The number of nitrogens with one attached hydrogen (secondary N) is 1. The van der Waals surface area contributed by atoms with E-state index in [0.717, 1.165) is 18.7 Å². The minimum absolute atomic E-state index is 0.0615. The maximum absolute atomic E-state index is 10.7. The quantitative estimate of drug-likeness (QED) is 0.795. The predicted octanol–water partition coefficient (Wildman–Crippen LogP) is 2.42. The third-order valence-electron chi connectivity index (χ3n) is 2.62. The van der Waals surface area contributed by atoms with Gasteiger partial charge in [-0.25, -0.2) is 9.78 Å². The predicted molar refractivity (Wildman–Crippen MR) is 51.8 cm³/mol. The summed E-state index contributed by atoms with van der Waals surface area (Å²) in [6, 6.07) is 0. The molecule has 0 atom stereocenters. The van der Waals surface area contributed by atoms with Gasteiger partial charge in [0.2, 0.25) is 0 Å². The number of halogens is 1. The van der Waals surface area contributed by atoms with Crippen LogP contribution in [0.3, 0.4) is 0 Å². The molecule has 0 bridgehead atoms. The third kappa shape index (κ3) is 1.62. The van der Waals surface area contributed by atoms with E-state index in [1.807, 2.05) is 0 Å². The summed E-state index contributed by atoms with van der Waals surface area (Å²) in [4.78, 5) is 17.5. The molecule has 0 unspecified atom stereocenters. The molecule has 1 aliphatic carbocycles. The summed E-state index contributed by atoms with van der Waals surface area (Å²) in [7, 11) is 0. The topological polar surface area (TPSA) is 66.0 Å². The summed E-state index contributed by atoms with van der Waals surface area (Å²) in [5, 5.41) is 8.89. The third-order valence-corrected chi connectivity index (χ3v) is 2.90. The van der Waals surface area contributed by atoms with E-state index in [0.29, 0.717) is 5.92 Å². The molecule has 2 N–H and O–H groups in total. The largest absolute Gasteiger partial charge is 0.476 e. The standard InChI is InChI=1S/C9H11ClN2O2/c10-7-6(9(13)14)11-8(12-7)5-3-1-2-4-5/h5H,1-4H2,(H,11,12)(H,13,14). The van der Waals surface area contributed by atoms with Crippen LogP contribution in [0.15, 0.2) is 0 Å². The number of carboxylic acid groups (broad SMARTS) is 1. The van der Waals surface area contributed by atoms with E-state index in [9.17, 15) is 4.79 Å². The van der Waals surface area contributed by atoms with E-state index < -0.39 is 5.97 Å². The molecule has 0 aromatic carbocycles. The number of carbonyl (C=O) groups is 1. The van der Waals surface area contributed by atoms with Crippen molar-refractivity contribution in [3.05, 3.63) is 16.7 Å². The lowest BCUT2D eigenvalue weighted by Gasteiger charge is -2.02. The van der Waals surface area contributed by atoms with Crippen molar-refractivity contribution in [2.75, 3.05) is 0 Å². The molecule has 1 saturated carbocycles. The van der Waals surface area contributed by atoms with Crippen LogP contribution in [0.25, 0.3) is 0 Å². The SMILES string of the molecule is O=C(O)c1nc(C2CCCC2)[nH]c1Cl. The van der Waals surface area contributed by atoms with Gasteiger partial charge in [-0.1, -0.05) is 24.4 Å². The highest BCUT2D eigenvalue weighted by Crippen LogP contribution is 2.33. The maximum Gasteiger partial charge on any atom is 0.357 e. The molecule has 1 heterocycles. The molecule has 0 amide bonds. The number of nitrogens with zero attached hydrogens (tertiary/aromatic N) is 1. The van der Waals surface area contributed by atoms with Gasteiger partial charge in [0.05, 0.1) is 0 Å². The van der Waals surface area contributed by atoms with Crippen molar-refractivity contribution in [2.45, 2.75) is 31.6 Å². The van der Waals surface area contributed by atoms with E-state index in [-0.39, 0.29) is 10.8 Å². The summed E-state index contributed by atoms with van der Waals surface area (Å²) >= 11 is 5.72. The fourth-order valence-corrected chi connectivity index (χ4v) is 2.12. The molecule has 0 aliphatic heterocycles. The smallest absolute Gasteiger partial charge is 0.357 e. The average Bonchev–Trinajstić information content (AvgIpc) is 2.70. The number of aromatic nitrogens is 2. The Bertz CT molecular complexity index is 356. The fourth-order valence-electron chi connectivity index (χ4n) is 1.90. The molecule has 0 radical (unpaired) electrons. The Kier molecular flexibility index (Phi) is 2.46. The van der Waals surface area contributed by atoms with E-state index in [1.165, 1.54) is 12.8 Å². The Labute approximate surface area is 86.3 Å². The van der Waals surface area contributed by atoms with Crippen molar-refractivity contribution in [2.24, 2.45) is 0 Å². The summed E-state index contributed by atoms with van der Waals surface area (Å²) in [6.07, 6.45) is 4.52. The molecule has 0 saturated heterocycles. The first-order valence-corrected chi connectivity index (χ1v) is 5.05. The second-order valence-electron chi connectivity index (χ2n) is 3.57. The Morgan fingerprint density at radius 2 is 2.14 bits per heavy atom. The minimum atomic E-state index is -1.07. The lowest BCUT2D eigenvalue weighted by atomic mass is 10.1. The average molecular weight is 215 g/mol. The van der Waals surface area contributed by atoms with Crippen LogP contribution >= 0.6 is 11.6 Å². The van der Waals surface area contributed by atoms with Gasteiger partial charge in [-0.15, -0.1) is 0 Å². The zero-order valence-electron chi connectivity index (χ0n) is 7.59. The summed E-state index contributed by atoms with van der Waals surface area (Å²) in [6.45, 7) is 0. The highest BCUT2D eigenvalue weighted by atomic mass is 35.5. The van der Waals surface area contributed by atoms with Crippen molar-refractivity contribution < 1.29 is 9.90 Å². The van der Waals surface area contributed by atoms with Crippen LogP contribution in [0.4, 0.5) is 0 Å². The summed E-state index contributed by atoms with van der Waals surface area (Å²) in [5.41, 5.74) is -0.0615. The van der Waals surface area contributed by atoms with Crippen molar-refractivity contribution in [1.29, 1.82) is 0 Å². The molecule has 1 aliphatic rings. The monoisotopic (exact) mass is 214 g/mol. The molecular formula is C9H11ClN2O2. The highest BCUT2D eigenvalue weighted by molar-refractivity contribution is 6.32. The van der Waals surface area contributed by atoms with Crippen molar-refractivity contribution in [3.8, 4) is 0 Å². The van der Waals surface area contributed by atoms with Crippen molar-refractivity contribution in [1.82, 2.24) is 9.97 Å². The molecule has 0 spiro atoms. The number of rotatable bonds is 2. The van der Waals surface area contributed by atoms with Crippen LogP contribution in [0, 0.1) is 0 Å². The second-order valence-corrected chi connectivity index (χ2v) is 3.95. The Morgan fingerprint density at radius 3 is 2.64 bits per heavy atom. The number of H-pyrrole nitrogens is 1. The van der Waals surface area contributed by atoms with Crippen molar-refractivity contribution >= 4 is 17.6 Å². The zero-order chi connectivity index (χ0) is 10.1. The van der Waals surface area contributed by atoms with Gasteiger partial charge in [0.1, 0.15) is 11.0 Å². The van der Waals surface area contributed by atoms with Crippen LogP contribution in [-0.4, -0.2) is 21.0 Å². The molecule has 14 heavy (non-hydrogen) atoms. The lowest BCUT2D eigenvalue weighted by Crippen LogP contribution is -1.99. The molecule has 4 nitrogen and oxygen atoms in total. The van der Waals surface area contributed by atoms with Crippen LogP contribution in [0.5, 0.6) is 0 Å². The number of aromatic amines is 1. The molecular weight excluding hydrogens is 204 g/mol. The maximum atomic E-state index is 10.7. The first-order chi connectivity index (χ1) is 6.68. The normalized spacial score (nSPS) is 17.5. The minimum Gasteiger partial charge on any atom is -0.476 e. The fraction of sp³-hybridized carbons (Fsp3) is 0.556. The van der Waals surface area contributed by atoms with E-state index in [1.54, 1.807) is 0 Å². The van der Waals surface area contributed by atoms with Crippen LogP contribution in [0.1, 0.15) is 47.9 Å². The van der Waals surface area contributed by atoms with E-state index in [2.05, 4.69) is 9.97 Å². The van der Waals surface area contributed by atoms with Gasteiger partial charge in [0.15, 0.2) is 5.69 Å². The molecule has 1 fully saturated rings. The summed E-state index contributed by atoms with van der Waals surface area (Å²) in [5.74, 6) is 0.0148. The van der Waals surface area contributed by atoms with Crippen LogP contribution in [-0.2, 0) is 0 Å². The molecule has 1 aromatic rings. The van der Waals surface area contributed by atoms with Gasteiger partial charge in [-0.05, 0) is 12.8 Å². The number of aromatic carboxylic acids is 1. The Hall–Kier alpha value is -1.03. The molecule has 76 valence electrons. The Balaban J connectivity index is 2.27. The first-order valence-electron chi connectivity index (χ1n) is 4.67. The van der Waals surface area contributed by atoms with Gasteiger partial charge in [-0.2, -0.15) is 0 Å². The summed E-state index contributed by atoms with van der Waals surface area (Å²) < 4.78 is 0. The molecule has 1 aromatic heterocycles. The molecule has 5 heteroatoms. The van der Waals surface area contributed by atoms with Gasteiger partial charge < -0.3 is 10.1 Å². The molecule has 2 rings (SSSR count). The van der Waals surface area contributed by atoms with Crippen molar-refractivity contribution in [3.63, 3.8) is 0 Å². The van der Waals surface area contributed by atoms with E-state index >= 15 is 0 Å². The second kappa shape index (κ2) is 3.61. The van der Waals surface area contributed by atoms with Crippen LogP contribution in [0.2, 0.25) is 5.15 Å². The van der Waals surface area contributed by atoms with Gasteiger partial charge >= 0.3 is 5.97 Å². The first kappa shape index (κ1) is 9.52. The Morgan fingerprint density at radius 1 is 1.50 bits per heavy atom. The highest BCUT2D eigenvalue weighted by Gasteiger charge is 2.23. The number of imidazole rings is 1. The van der Waals surface area contributed by atoms with E-state index in [4.69, 9.17) is 16.7 Å². The number of hydrogen-bond acceptors (Lipinski definition) is 2.